The maximum Gasteiger partial charge on any atom is 0.234 e. The first-order chi connectivity index (χ1) is 12.7. The van der Waals surface area contributed by atoms with E-state index in [9.17, 15) is 10.1 Å². The van der Waals surface area contributed by atoms with E-state index in [0.717, 1.165) is 31.4 Å². The molecule has 134 valence electrons. The number of hydrogen-bond donors (Lipinski definition) is 1. The van der Waals surface area contributed by atoms with E-state index in [0.29, 0.717) is 21.3 Å². The largest absolute Gasteiger partial charge is 0.324 e. The molecule has 1 N–H and O–H groups in total. The number of carbonyl (C=O) groups excluding carboxylic acids is 1. The van der Waals surface area contributed by atoms with Gasteiger partial charge in [0.05, 0.1) is 22.0 Å². The maximum atomic E-state index is 12.2. The van der Waals surface area contributed by atoms with Crippen LogP contribution in [0.15, 0.2) is 35.4 Å². The van der Waals surface area contributed by atoms with Crippen molar-refractivity contribution in [3.8, 4) is 6.07 Å². The molecule has 1 aromatic heterocycles. The highest BCUT2D eigenvalue weighted by atomic mass is 35.5. The van der Waals surface area contributed by atoms with E-state index in [1.807, 2.05) is 18.2 Å². The first kappa shape index (κ1) is 18.8. The van der Waals surface area contributed by atoms with Gasteiger partial charge in [-0.05, 0) is 49.4 Å². The Labute approximate surface area is 163 Å². The van der Waals surface area contributed by atoms with Crippen molar-refractivity contribution in [2.75, 3.05) is 11.1 Å². The summed E-state index contributed by atoms with van der Waals surface area (Å²) < 4.78 is 0. The average Bonchev–Trinajstić information content (AvgIpc) is 2.62. The van der Waals surface area contributed by atoms with E-state index < -0.39 is 0 Å². The summed E-state index contributed by atoms with van der Waals surface area (Å²) >= 11 is 7.37. The maximum absolute atomic E-state index is 12.2. The van der Waals surface area contributed by atoms with E-state index in [4.69, 9.17) is 16.6 Å². The lowest BCUT2D eigenvalue weighted by atomic mass is 9.96. The van der Waals surface area contributed by atoms with Crippen LogP contribution in [0, 0.1) is 11.3 Å². The van der Waals surface area contributed by atoms with Crippen LogP contribution >= 0.6 is 23.4 Å². The Morgan fingerprint density at radius 3 is 2.77 bits per heavy atom. The standard InChI is InChI=1S/C20H20ClN3OS/c21-16-8-5-6-10-18(16)23-19(25)13-26-20-15(12-22)11-14-7-3-1-2-4-9-17(14)24-20/h5-6,8,10-11H,1-4,7,9,13H2,(H,23,25). The van der Waals surface area contributed by atoms with Gasteiger partial charge in [0.1, 0.15) is 11.1 Å². The number of carbonyl (C=O) groups is 1. The van der Waals surface area contributed by atoms with Gasteiger partial charge in [-0.2, -0.15) is 5.26 Å². The molecule has 3 rings (SSSR count). The SMILES string of the molecule is N#Cc1cc2c(nc1SCC(=O)Nc1ccccc1Cl)CCCCCC2. The van der Waals surface area contributed by atoms with Crippen LogP contribution in [-0.2, 0) is 17.6 Å². The second-order valence-electron chi connectivity index (χ2n) is 6.29. The third-order valence-corrected chi connectivity index (χ3v) is 5.69. The van der Waals surface area contributed by atoms with Crippen molar-refractivity contribution in [2.24, 2.45) is 0 Å². The topological polar surface area (TPSA) is 65.8 Å². The molecule has 26 heavy (non-hydrogen) atoms. The molecule has 0 radical (unpaired) electrons. The Morgan fingerprint density at radius 1 is 1.23 bits per heavy atom. The highest BCUT2D eigenvalue weighted by Crippen LogP contribution is 2.27. The second-order valence-corrected chi connectivity index (χ2v) is 7.66. The van der Waals surface area contributed by atoms with Crippen LogP contribution in [0.4, 0.5) is 5.69 Å². The lowest BCUT2D eigenvalue weighted by Gasteiger charge is -2.15. The number of aryl methyl sites for hydroxylation is 2. The highest BCUT2D eigenvalue weighted by molar-refractivity contribution is 8.00. The van der Waals surface area contributed by atoms with E-state index in [2.05, 4.69) is 11.4 Å². The number of thioether (sulfide) groups is 1. The van der Waals surface area contributed by atoms with Crippen molar-refractivity contribution in [1.82, 2.24) is 4.98 Å². The summed E-state index contributed by atoms with van der Waals surface area (Å²) in [6, 6.07) is 11.3. The monoisotopic (exact) mass is 385 g/mol. The molecule has 0 bridgehead atoms. The van der Waals surface area contributed by atoms with E-state index in [1.165, 1.54) is 30.2 Å². The van der Waals surface area contributed by atoms with Crippen LogP contribution in [0.25, 0.3) is 0 Å². The summed E-state index contributed by atoms with van der Waals surface area (Å²) in [4.78, 5) is 16.9. The molecule has 0 unspecified atom stereocenters. The van der Waals surface area contributed by atoms with Gasteiger partial charge in [-0.3, -0.25) is 4.79 Å². The molecule has 0 spiro atoms. The van der Waals surface area contributed by atoms with Gasteiger partial charge in [-0.15, -0.1) is 0 Å². The summed E-state index contributed by atoms with van der Waals surface area (Å²) in [5, 5.41) is 13.4. The van der Waals surface area contributed by atoms with Gasteiger partial charge in [0.15, 0.2) is 0 Å². The normalized spacial score (nSPS) is 13.8. The molecule has 0 atom stereocenters. The molecule has 2 aromatic rings. The van der Waals surface area contributed by atoms with E-state index >= 15 is 0 Å². The third-order valence-electron chi connectivity index (χ3n) is 4.37. The minimum atomic E-state index is -0.166. The molecule has 1 aliphatic rings. The minimum absolute atomic E-state index is 0.166. The number of benzene rings is 1. The van der Waals surface area contributed by atoms with Crippen LogP contribution in [0.2, 0.25) is 5.02 Å². The summed E-state index contributed by atoms with van der Waals surface area (Å²) in [7, 11) is 0. The van der Waals surface area contributed by atoms with Crippen LogP contribution in [0.5, 0.6) is 0 Å². The van der Waals surface area contributed by atoms with Gasteiger partial charge in [0.25, 0.3) is 0 Å². The zero-order valence-electron chi connectivity index (χ0n) is 14.4. The number of nitriles is 1. The number of nitrogens with one attached hydrogen (secondary N) is 1. The summed E-state index contributed by atoms with van der Waals surface area (Å²) in [6.07, 6.45) is 6.66. The first-order valence-corrected chi connectivity index (χ1v) is 10.1. The fourth-order valence-corrected chi connectivity index (χ4v) is 4.00. The zero-order valence-corrected chi connectivity index (χ0v) is 16.0. The number of nitrogens with zero attached hydrogens (tertiary/aromatic N) is 2. The average molecular weight is 386 g/mol. The van der Waals surface area contributed by atoms with Crippen molar-refractivity contribution >= 4 is 35.0 Å². The molecule has 4 nitrogen and oxygen atoms in total. The van der Waals surface area contributed by atoms with Gasteiger partial charge in [-0.1, -0.05) is 48.3 Å². The van der Waals surface area contributed by atoms with Crippen molar-refractivity contribution in [3.63, 3.8) is 0 Å². The van der Waals surface area contributed by atoms with E-state index in [-0.39, 0.29) is 11.7 Å². The molecule has 1 aromatic carbocycles. The van der Waals surface area contributed by atoms with Crippen molar-refractivity contribution in [2.45, 2.75) is 43.6 Å². The van der Waals surface area contributed by atoms with Crippen molar-refractivity contribution < 1.29 is 4.79 Å². The smallest absolute Gasteiger partial charge is 0.234 e. The van der Waals surface area contributed by atoms with Gasteiger partial charge in [0.2, 0.25) is 5.91 Å². The Kier molecular flexibility index (Phi) is 6.54. The minimum Gasteiger partial charge on any atom is -0.324 e. The van der Waals surface area contributed by atoms with Gasteiger partial charge < -0.3 is 5.32 Å². The molecule has 1 amide bonds. The summed E-state index contributed by atoms with van der Waals surface area (Å²) in [5.74, 6) is 0.0200. The molecule has 6 heteroatoms. The van der Waals surface area contributed by atoms with Crippen LogP contribution < -0.4 is 5.32 Å². The number of pyridine rings is 1. The molecule has 1 aliphatic carbocycles. The molecule has 0 aliphatic heterocycles. The van der Waals surface area contributed by atoms with Crippen LogP contribution in [0.3, 0.4) is 0 Å². The van der Waals surface area contributed by atoms with Crippen molar-refractivity contribution in [1.29, 1.82) is 5.26 Å². The number of fused-ring (bicyclic) bond motifs is 1. The fraction of sp³-hybridized carbons (Fsp3) is 0.350. The Hall–Kier alpha value is -2.03. The molecule has 0 saturated carbocycles. The number of anilines is 1. The molecule has 0 saturated heterocycles. The second kappa shape index (κ2) is 9.07. The Morgan fingerprint density at radius 2 is 2.00 bits per heavy atom. The predicted octanol–water partition coefficient (Wildman–Crippen LogP) is 5.00. The van der Waals surface area contributed by atoms with E-state index in [1.54, 1.807) is 12.1 Å². The summed E-state index contributed by atoms with van der Waals surface area (Å²) in [6.45, 7) is 0. The Balaban J connectivity index is 1.70. The molecule has 1 heterocycles. The number of amides is 1. The van der Waals surface area contributed by atoms with Crippen molar-refractivity contribution in [3.05, 3.63) is 52.2 Å². The lowest BCUT2D eigenvalue weighted by Crippen LogP contribution is -2.15. The number of para-hydroxylation sites is 1. The number of aromatic nitrogens is 1. The number of hydrogen-bond acceptors (Lipinski definition) is 4. The van der Waals surface area contributed by atoms with Gasteiger partial charge in [0, 0.05) is 5.69 Å². The highest BCUT2D eigenvalue weighted by Gasteiger charge is 2.15. The molecular weight excluding hydrogens is 366 g/mol. The number of halogens is 1. The molecule has 0 fully saturated rings. The third kappa shape index (κ3) is 4.78. The fourth-order valence-electron chi connectivity index (χ4n) is 3.04. The quantitative estimate of drug-likeness (QED) is 0.752. The number of rotatable bonds is 4. The van der Waals surface area contributed by atoms with Gasteiger partial charge in [-0.25, -0.2) is 4.98 Å². The van der Waals surface area contributed by atoms with Gasteiger partial charge >= 0.3 is 0 Å². The lowest BCUT2D eigenvalue weighted by molar-refractivity contribution is -0.113. The first-order valence-electron chi connectivity index (χ1n) is 8.77. The Bertz CT molecular complexity index is 847. The summed E-state index contributed by atoms with van der Waals surface area (Å²) in [5.41, 5.74) is 3.41. The van der Waals surface area contributed by atoms with Crippen LogP contribution in [-0.4, -0.2) is 16.6 Å². The zero-order chi connectivity index (χ0) is 18.4. The predicted molar refractivity (Wildman–Crippen MR) is 106 cm³/mol. The molecular formula is C20H20ClN3OS. The van der Waals surface area contributed by atoms with Crippen LogP contribution in [0.1, 0.15) is 42.5 Å².